The van der Waals surface area contributed by atoms with Crippen LogP contribution in [0.1, 0.15) is 24.2 Å². The summed E-state index contributed by atoms with van der Waals surface area (Å²) in [4.78, 5) is 38.7. The smallest absolute Gasteiger partial charge is 0.274 e. The number of nitrogens with one attached hydrogen (secondary N) is 1. The number of hydrogen-bond donors (Lipinski definition) is 1. The summed E-state index contributed by atoms with van der Waals surface area (Å²) in [6.45, 7) is 5.35. The van der Waals surface area contributed by atoms with E-state index in [1.54, 1.807) is 25.8 Å². The van der Waals surface area contributed by atoms with Crippen LogP contribution in [0.4, 0.5) is 5.69 Å². The van der Waals surface area contributed by atoms with Gasteiger partial charge in [0.05, 0.1) is 24.2 Å². The van der Waals surface area contributed by atoms with Gasteiger partial charge in [0.15, 0.2) is 0 Å². The van der Waals surface area contributed by atoms with E-state index in [1.165, 1.54) is 16.8 Å². The van der Waals surface area contributed by atoms with Crippen LogP contribution in [-0.4, -0.2) is 53.5 Å². The molecule has 1 aliphatic heterocycles. The van der Waals surface area contributed by atoms with E-state index in [4.69, 9.17) is 16.3 Å². The van der Waals surface area contributed by atoms with Crippen molar-refractivity contribution in [3.63, 3.8) is 0 Å². The summed E-state index contributed by atoms with van der Waals surface area (Å²) in [5.41, 5.74) is -0.790. The van der Waals surface area contributed by atoms with Crippen LogP contribution in [0.5, 0.6) is 0 Å². The number of amides is 2. The average molecular weight is 356 g/mol. The van der Waals surface area contributed by atoms with Gasteiger partial charge in [0, 0.05) is 32.2 Å². The van der Waals surface area contributed by atoms with Crippen LogP contribution in [0.25, 0.3) is 0 Å². The Morgan fingerprint density at radius 3 is 2.54 bits per heavy atom. The fourth-order valence-electron chi connectivity index (χ4n) is 2.22. The van der Waals surface area contributed by atoms with Crippen LogP contribution >= 0.6 is 11.6 Å². The lowest BCUT2D eigenvalue weighted by Crippen LogP contribution is -2.41. The van der Waals surface area contributed by atoms with Crippen LogP contribution < -0.4 is 10.9 Å². The number of aryl methyl sites for hydroxylation is 1. The maximum absolute atomic E-state index is 12.6. The molecule has 1 saturated heterocycles. The lowest BCUT2D eigenvalue weighted by molar-refractivity contribution is -0.122. The van der Waals surface area contributed by atoms with Gasteiger partial charge in [-0.1, -0.05) is 0 Å². The third-order valence-corrected chi connectivity index (χ3v) is 4.59. The molecule has 8 heteroatoms. The van der Waals surface area contributed by atoms with Crippen LogP contribution in [0.15, 0.2) is 17.1 Å². The number of morpholine rings is 1. The zero-order chi connectivity index (χ0) is 17.9. The summed E-state index contributed by atoms with van der Waals surface area (Å²) in [7, 11) is 1.54. The molecule has 1 aromatic rings. The minimum atomic E-state index is -0.823. The fourth-order valence-corrected chi connectivity index (χ4v) is 2.34. The number of nitrogens with zero attached hydrogens (tertiary/aromatic N) is 2. The lowest BCUT2D eigenvalue weighted by atomic mass is 9.95. The summed E-state index contributed by atoms with van der Waals surface area (Å²) >= 11 is 5.79. The summed E-state index contributed by atoms with van der Waals surface area (Å²) in [5, 5.41) is 2.59. The van der Waals surface area contributed by atoms with Crippen LogP contribution in [0.2, 0.25) is 0 Å². The summed E-state index contributed by atoms with van der Waals surface area (Å²) < 4.78 is 6.52. The Balaban J connectivity index is 2.29. The summed E-state index contributed by atoms with van der Waals surface area (Å²) in [5.74, 6) is -0.447. The Bertz CT molecular complexity index is 693. The predicted molar refractivity (Wildman–Crippen MR) is 91.5 cm³/mol. The fraction of sp³-hybridized carbons (Fsp3) is 0.562. The lowest BCUT2D eigenvalue weighted by Gasteiger charge is -2.27. The molecule has 24 heavy (non-hydrogen) atoms. The molecule has 2 heterocycles. The van der Waals surface area contributed by atoms with Crippen molar-refractivity contribution in [1.82, 2.24) is 9.47 Å². The molecule has 0 spiro atoms. The van der Waals surface area contributed by atoms with Gasteiger partial charge >= 0.3 is 0 Å². The first-order valence-electron chi connectivity index (χ1n) is 7.71. The molecule has 0 unspecified atom stereocenters. The molecule has 1 aromatic heterocycles. The van der Waals surface area contributed by atoms with Crippen LogP contribution in [0.3, 0.4) is 0 Å². The highest BCUT2D eigenvalue weighted by Gasteiger charge is 2.28. The van der Waals surface area contributed by atoms with Gasteiger partial charge in [0.2, 0.25) is 5.91 Å². The first-order chi connectivity index (χ1) is 11.3. The van der Waals surface area contributed by atoms with Gasteiger partial charge < -0.3 is 19.5 Å². The average Bonchev–Trinajstić information content (AvgIpc) is 2.58. The number of carbonyl (C=O) groups is 2. The highest BCUT2D eigenvalue weighted by atomic mass is 35.5. The Kier molecular flexibility index (Phi) is 5.66. The van der Waals surface area contributed by atoms with Crippen molar-refractivity contribution in [3.8, 4) is 0 Å². The zero-order valence-electron chi connectivity index (χ0n) is 14.1. The third-order valence-electron chi connectivity index (χ3n) is 3.93. The van der Waals surface area contributed by atoms with Crippen molar-refractivity contribution in [2.45, 2.75) is 13.8 Å². The van der Waals surface area contributed by atoms with E-state index >= 15 is 0 Å². The molecule has 0 atom stereocenters. The standard InChI is InChI=1S/C16H22ClN3O4/c1-16(2,10-17)15(23)18-12-8-11(9-19(3)14(12)22)13(21)20-4-6-24-7-5-20/h8-9H,4-7,10H2,1-3H3,(H,18,23). The molecule has 2 amide bonds. The minimum absolute atomic E-state index is 0.0693. The molecular formula is C16H22ClN3O4. The molecule has 132 valence electrons. The van der Waals surface area contributed by atoms with E-state index < -0.39 is 5.41 Å². The van der Waals surface area contributed by atoms with E-state index in [0.717, 1.165) is 0 Å². The zero-order valence-corrected chi connectivity index (χ0v) is 14.9. The number of rotatable bonds is 4. The van der Waals surface area contributed by atoms with E-state index in [1.807, 2.05) is 0 Å². The predicted octanol–water partition coefficient (Wildman–Crippen LogP) is 1.06. The SMILES string of the molecule is Cn1cc(C(=O)N2CCOCC2)cc(NC(=O)C(C)(C)CCl)c1=O. The second-order valence-corrected chi connectivity index (χ2v) is 6.70. The highest BCUT2D eigenvalue weighted by molar-refractivity contribution is 6.20. The van der Waals surface area contributed by atoms with Gasteiger partial charge in [-0.05, 0) is 19.9 Å². The van der Waals surface area contributed by atoms with Gasteiger partial charge in [0.25, 0.3) is 11.5 Å². The van der Waals surface area contributed by atoms with Crippen LogP contribution in [0, 0.1) is 5.41 Å². The highest BCUT2D eigenvalue weighted by Crippen LogP contribution is 2.19. The molecule has 0 saturated carbocycles. The molecule has 1 aliphatic rings. The minimum Gasteiger partial charge on any atom is -0.378 e. The molecule has 0 aliphatic carbocycles. The molecule has 1 N–H and O–H groups in total. The number of alkyl halides is 1. The Labute approximate surface area is 145 Å². The van der Waals surface area contributed by atoms with E-state index in [0.29, 0.717) is 31.9 Å². The number of pyridine rings is 1. The van der Waals surface area contributed by atoms with Crippen molar-refractivity contribution in [1.29, 1.82) is 0 Å². The van der Waals surface area contributed by atoms with E-state index in [-0.39, 0.29) is 28.9 Å². The number of halogens is 1. The molecule has 0 aromatic carbocycles. The maximum atomic E-state index is 12.6. The van der Waals surface area contributed by atoms with Gasteiger partial charge in [-0.2, -0.15) is 0 Å². The third kappa shape index (κ3) is 3.96. The van der Waals surface area contributed by atoms with Crippen LogP contribution in [-0.2, 0) is 16.6 Å². The number of hydrogen-bond acceptors (Lipinski definition) is 4. The second-order valence-electron chi connectivity index (χ2n) is 6.43. The molecule has 7 nitrogen and oxygen atoms in total. The topological polar surface area (TPSA) is 80.6 Å². The maximum Gasteiger partial charge on any atom is 0.274 e. The summed E-state index contributed by atoms with van der Waals surface area (Å²) in [6.07, 6.45) is 1.47. The van der Waals surface area contributed by atoms with Crippen molar-refractivity contribution >= 4 is 29.1 Å². The van der Waals surface area contributed by atoms with E-state index in [2.05, 4.69) is 5.32 Å². The monoisotopic (exact) mass is 355 g/mol. The van der Waals surface area contributed by atoms with Gasteiger partial charge in [0.1, 0.15) is 5.69 Å². The quantitative estimate of drug-likeness (QED) is 0.819. The van der Waals surface area contributed by atoms with Gasteiger partial charge in [-0.15, -0.1) is 11.6 Å². The number of ether oxygens (including phenoxy) is 1. The molecule has 1 fully saturated rings. The van der Waals surface area contributed by atoms with Gasteiger partial charge in [-0.25, -0.2) is 0 Å². The van der Waals surface area contributed by atoms with Crippen molar-refractivity contribution < 1.29 is 14.3 Å². The number of aromatic nitrogens is 1. The molecule has 2 rings (SSSR count). The molecule has 0 bridgehead atoms. The Morgan fingerprint density at radius 2 is 1.96 bits per heavy atom. The first kappa shape index (κ1) is 18.5. The normalized spacial score (nSPS) is 15.2. The molecular weight excluding hydrogens is 334 g/mol. The Morgan fingerprint density at radius 1 is 1.33 bits per heavy atom. The second kappa shape index (κ2) is 7.36. The Hall–Kier alpha value is -1.86. The summed E-state index contributed by atoms with van der Waals surface area (Å²) in [6, 6.07) is 1.42. The number of carbonyl (C=O) groups excluding carboxylic acids is 2. The van der Waals surface area contributed by atoms with E-state index in [9.17, 15) is 14.4 Å². The number of anilines is 1. The first-order valence-corrected chi connectivity index (χ1v) is 8.25. The van der Waals surface area contributed by atoms with Crippen molar-refractivity contribution in [2.75, 3.05) is 37.5 Å². The van der Waals surface area contributed by atoms with Crippen molar-refractivity contribution in [2.24, 2.45) is 12.5 Å². The molecule has 0 radical (unpaired) electrons. The largest absolute Gasteiger partial charge is 0.378 e. The van der Waals surface area contributed by atoms with Crippen molar-refractivity contribution in [3.05, 3.63) is 28.2 Å². The van der Waals surface area contributed by atoms with Gasteiger partial charge in [-0.3, -0.25) is 14.4 Å².